The van der Waals surface area contributed by atoms with Gasteiger partial charge in [-0.15, -0.1) is 0 Å². The summed E-state index contributed by atoms with van der Waals surface area (Å²) in [6.45, 7) is 4.25. The quantitative estimate of drug-likeness (QED) is 0.267. The number of hydrogen-bond acceptors (Lipinski definition) is 7. The maximum Gasteiger partial charge on any atom is 0.326 e. The van der Waals surface area contributed by atoms with Crippen molar-refractivity contribution in [2.75, 3.05) is 5.32 Å². The predicted octanol–water partition coefficient (Wildman–Crippen LogP) is 1.17. The number of aliphatic hydroxyl groups is 1. The van der Waals surface area contributed by atoms with E-state index >= 15 is 0 Å². The van der Waals surface area contributed by atoms with Crippen molar-refractivity contribution in [2.45, 2.75) is 51.4 Å². The first-order valence-corrected chi connectivity index (χ1v) is 10.6. The number of aliphatic carboxylic acids is 3. The number of rotatable bonds is 9. The van der Waals surface area contributed by atoms with Crippen LogP contribution in [0.2, 0.25) is 0 Å². The fourth-order valence-corrected chi connectivity index (χ4v) is 2.35. The molecule has 0 unspecified atom stereocenters. The molecule has 0 aliphatic heterocycles. The lowest BCUT2D eigenvalue weighted by Gasteiger charge is -2.12. The molecule has 0 radical (unpaired) electrons. The number of nitrogens with two attached hydrogens (primary N) is 1. The summed E-state index contributed by atoms with van der Waals surface area (Å²) in [6, 6.07) is 15.9. The first-order valence-electron chi connectivity index (χ1n) is 10.6. The highest BCUT2D eigenvalue weighted by Gasteiger charge is 2.18. The van der Waals surface area contributed by atoms with Crippen molar-refractivity contribution in [1.82, 2.24) is 5.32 Å². The summed E-state index contributed by atoms with van der Waals surface area (Å²) in [5.74, 6) is -3.38. The predicted molar refractivity (Wildman–Crippen MR) is 130 cm³/mol. The second-order valence-electron chi connectivity index (χ2n) is 7.46. The molecule has 2 aromatic carbocycles. The molecule has 0 fully saturated rings. The maximum absolute atomic E-state index is 10.8. The molecule has 4 atom stereocenters. The van der Waals surface area contributed by atoms with E-state index in [1.165, 1.54) is 13.8 Å². The van der Waals surface area contributed by atoms with Crippen molar-refractivity contribution in [3.05, 3.63) is 66.2 Å². The third-order valence-electron chi connectivity index (χ3n) is 4.29. The fourth-order valence-electron chi connectivity index (χ4n) is 2.35. The van der Waals surface area contributed by atoms with Gasteiger partial charge >= 0.3 is 17.9 Å². The molecule has 11 heteroatoms. The molecule has 1 amide bonds. The number of carboxylic acids is 3. The Hall–Kier alpha value is -3.96. The molecule has 0 spiro atoms. The van der Waals surface area contributed by atoms with Crippen LogP contribution in [-0.4, -0.2) is 68.5 Å². The van der Waals surface area contributed by atoms with Crippen molar-refractivity contribution >= 4 is 29.5 Å². The van der Waals surface area contributed by atoms with E-state index in [2.05, 4.69) is 10.6 Å². The number of benzene rings is 2. The topological polar surface area (TPSA) is 199 Å². The van der Waals surface area contributed by atoms with Crippen LogP contribution in [0.25, 0.3) is 0 Å². The number of aliphatic hydroxyl groups excluding tert-OH is 1. The van der Waals surface area contributed by atoms with Gasteiger partial charge in [0.2, 0.25) is 5.91 Å². The number of carbonyl (C=O) groups excluding carboxylic acids is 1. The molecule has 0 bridgehead atoms. The Morgan fingerprint density at radius 2 is 1.31 bits per heavy atom. The average Bonchev–Trinajstić information content (AvgIpc) is 2.79. The van der Waals surface area contributed by atoms with Crippen molar-refractivity contribution in [3.8, 4) is 0 Å². The molecule has 11 nitrogen and oxygen atoms in total. The number of anilines is 1. The second-order valence-corrected chi connectivity index (χ2v) is 7.46. The smallest absolute Gasteiger partial charge is 0.326 e. The number of para-hydroxylation sites is 1. The maximum atomic E-state index is 10.8. The highest BCUT2D eigenvalue weighted by Crippen LogP contribution is 2.06. The van der Waals surface area contributed by atoms with E-state index in [9.17, 15) is 19.2 Å². The van der Waals surface area contributed by atoms with Crippen molar-refractivity contribution in [1.29, 1.82) is 0 Å². The molecule has 0 aliphatic rings. The summed E-state index contributed by atoms with van der Waals surface area (Å²) >= 11 is 0. The van der Waals surface area contributed by atoms with Crippen LogP contribution in [0.1, 0.15) is 26.3 Å². The molecule has 0 aliphatic carbocycles. The summed E-state index contributed by atoms with van der Waals surface area (Å²) in [6.07, 6.45) is -0.678. The van der Waals surface area contributed by atoms with E-state index < -0.39 is 42.1 Å². The Bertz CT molecular complexity index is 923. The van der Waals surface area contributed by atoms with Gasteiger partial charge in [0.15, 0.2) is 0 Å². The Balaban J connectivity index is 0.000000521. The third-order valence-corrected chi connectivity index (χ3v) is 4.29. The summed E-state index contributed by atoms with van der Waals surface area (Å²) in [5, 5.41) is 39.2. The number of carbonyl (C=O) groups is 4. The van der Waals surface area contributed by atoms with Gasteiger partial charge < -0.3 is 36.8 Å². The van der Waals surface area contributed by atoms with E-state index in [-0.39, 0.29) is 5.91 Å². The fraction of sp³-hybridized carbons (Fsp3) is 0.333. The molecule has 0 heterocycles. The van der Waals surface area contributed by atoms with Gasteiger partial charge in [-0.1, -0.05) is 48.5 Å². The standard InChI is InChI=1S/C11H13NO3.C9H11NO2.C4H9NO3/c1-8(13)12-10(11(14)15)7-9-5-3-2-4-6-9;1-7(9(11)12)10-8-5-3-2-4-6-8;1-2(6)3(5)4(7)8/h2-6,10H,7H2,1H3,(H,12,13)(H,14,15);2-7,10H,1H3,(H,11,12);2-3,6H,5H2,1H3,(H,7,8)/t10-;7-;2-,3+/m001/s1. The zero-order chi connectivity index (χ0) is 27.0. The highest BCUT2D eigenvalue weighted by atomic mass is 16.4. The minimum Gasteiger partial charge on any atom is -0.480 e. The van der Waals surface area contributed by atoms with Gasteiger partial charge in [0, 0.05) is 19.0 Å². The molecule has 2 aromatic rings. The van der Waals surface area contributed by atoms with E-state index in [4.69, 9.17) is 26.2 Å². The normalized spacial score (nSPS) is 13.2. The number of carboxylic acid groups (broad SMARTS) is 3. The molecule has 0 saturated carbocycles. The minimum atomic E-state index is -1.18. The van der Waals surface area contributed by atoms with Gasteiger partial charge in [-0.05, 0) is 31.5 Å². The molecular formula is C24H33N3O8. The number of nitrogens with one attached hydrogen (secondary N) is 2. The van der Waals surface area contributed by atoms with E-state index in [1.807, 2.05) is 60.7 Å². The first-order chi connectivity index (χ1) is 16.3. The van der Waals surface area contributed by atoms with Crippen molar-refractivity contribution in [2.24, 2.45) is 5.73 Å². The SMILES string of the molecule is CC(=O)N[C@@H](Cc1ccccc1)C(=O)O.C[C@@H](O)[C@H](N)C(=O)O.C[C@H](Nc1ccccc1)C(=O)O. The molecule has 0 saturated heterocycles. The van der Waals surface area contributed by atoms with Crippen LogP contribution in [0, 0.1) is 0 Å². The second kappa shape index (κ2) is 16.6. The Kier molecular flexibility index (Phi) is 14.7. The van der Waals surface area contributed by atoms with E-state index in [1.54, 1.807) is 6.92 Å². The number of hydrogen-bond donors (Lipinski definition) is 7. The summed E-state index contributed by atoms with van der Waals surface area (Å²) < 4.78 is 0. The van der Waals surface area contributed by atoms with Crippen LogP contribution in [-0.2, 0) is 25.6 Å². The summed E-state index contributed by atoms with van der Waals surface area (Å²) in [5.41, 5.74) is 6.62. The van der Waals surface area contributed by atoms with Crippen LogP contribution in [0.5, 0.6) is 0 Å². The van der Waals surface area contributed by atoms with Gasteiger partial charge in [0.1, 0.15) is 18.1 Å². The molecule has 35 heavy (non-hydrogen) atoms. The van der Waals surface area contributed by atoms with Gasteiger partial charge in [-0.25, -0.2) is 4.79 Å². The molecule has 0 aromatic heterocycles. The van der Waals surface area contributed by atoms with Gasteiger partial charge in [0.25, 0.3) is 0 Å². The van der Waals surface area contributed by atoms with Crippen LogP contribution >= 0.6 is 0 Å². The van der Waals surface area contributed by atoms with Crippen molar-refractivity contribution in [3.63, 3.8) is 0 Å². The highest BCUT2D eigenvalue weighted by molar-refractivity contribution is 5.82. The van der Waals surface area contributed by atoms with E-state index in [0.29, 0.717) is 6.42 Å². The van der Waals surface area contributed by atoms with Crippen LogP contribution in [0.15, 0.2) is 60.7 Å². The molecular weight excluding hydrogens is 458 g/mol. The lowest BCUT2D eigenvalue weighted by atomic mass is 10.1. The Morgan fingerprint density at radius 3 is 1.66 bits per heavy atom. The average molecular weight is 492 g/mol. The number of amides is 1. The summed E-state index contributed by atoms with van der Waals surface area (Å²) in [7, 11) is 0. The molecule has 192 valence electrons. The first kappa shape index (κ1) is 31.0. The monoisotopic (exact) mass is 491 g/mol. The lowest BCUT2D eigenvalue weighted by Crippen LogP contribution is -2.41. The van der Waals surface area contributed by atoms with Gasteiger partial charge in [0.05, 0.1) is 6.10 Å². The van der Waals surface area contributed by atoms with Crippen LogP contribution in [0.3, 0.4) is 0 Å². The van der Waals surface area contributed by atoms with Gasteiger partial charge in [-0.2, -0.15) is 0 Å². The molecule has 8 N–H and O–H groups in total. The third kappa shape index (κ3) is 14.7. The lowest BCUT2D eigenvalue weighted by molar-refractivity contribution is -0.141. The Morgan fingerprint density at radius 1 is 0.829 bits per heavy atom. The minimum absolute atomic E-state index is 0.301. The van der Waals surface area contributed by atoms with Crippen LogP contribution < -0.4 is 16.4 Å². The molecule has 2 rings (SSSR count). The van der Waals surface area contributed by atoms with E-state index in [0.717, 1.165) is 11.3 Å². The largest absolute Gasteiger partial charge is 0.480 e. The van der Waals surface area contributed by atoms with Crippen molar-refractivity contribution < 1.29 is 39.6 Å². The zero-order valence-corrected chi connectivity index (χ0v) is 19.8. The van der Waals surface area contributed by atoms with Gasteiger partial charge in [-0.3, -0.25) is 14.4 Å². The van der Waals surface area contributed by atoms with Crippen LogP contribution in [0.4, 0.5) is 5.69 Å². The Labute approximate surface area is 203 Å². The summed E-state index contributed by atoms with van der Waals surface area (Å²) in [4.78, 5) is 41.9. The zero-order valence-electron chi connectivity index (χ0n) is 19.8.